The summed E-state index contributed by atoms with van der Waals surface area (Å²) < 4.78 is 303. The molecule has 7 rings (SSSR count). The summed E-state index contributed by atoms with van der Waals surface area (Å²) in [5, 5.41) is 119. The van der Waals surface area contributed by atoms with E-state index in [1.807, 2.05) is 16.0 Å². The maximum Gasteiger partial charge on any atom is 0.397 e. The van der Waals surface area contributed by atoms with E-state index in [9.17, 15) is 158 Å². The highest BCUT2D eigenvalue weighted by atomic mass is 32.3. The molecule has 6 aliphatic rings. The smallest absolute Gasteiger partial charge is 0.397 e. The first-order valence-electron chi connectivity index (χ1n) is 30.6. The molecule has 1 aromatic carbocycles. The average Bonchev–Trinajstić information content (AvgIpc) is 0.761. The second kappa shape index (κ2) is 37.0. The summed E-state index contributed by atoms with van der Waals surface area (Å²) in [5.41, 5.74) is 0. The van der Waals surface area contributed by atoms with Crippen LogP contribution in [0.25, 0.3) is 0 Å². The molecular weight excluding hydrogens is 1670 g/mol. The Labute approximate surface area is 623 Å². The molecule has 3 amide bonds. The third-order valence-electron chi connectivity index (χ3n) is 16.0. The predicted molar refractivity (Wildman–Crippen MR) is 329 cm³/mol. The van der Waals surface area contributed by atoms with Crippen molar-refractivity contribution in [1.82, 2.24) is 16.0 Å². The Balaban J connectivity index is 1.27. The molecule has 6 fully saturated rings. The van der Waals surface area contributed by atoms with E-state index in [4.69, 9.17) is 65.8 Å². The zero-order valence-corrected chi connectivity index (χ0v) is 60.9. The lowest BCUT2D eigenvalue weighted by atomic mass is 9.93. The number of methoxy groups -OCH3 is 1. The van der Waals surface area contributed by atoms with Gasteiger partial charge in [0.1, 0.15) is 139 Å². The van der Waals surface area contributed by atoms with Crippen LogP contribution in [0.4, 0.5) is 0 Å². The molecule has 6 saturated heterocycles. The van der Waals surface area contributed by atoms with Gasteiger partial charge in [0.2, 0.25) is 24.0 Å². The minimum absolute atomic E-state index is 0.148. The molecule has 0 unspecified atom stereocenters. The highest BCUT2D eigenvalue weighted by Gasteiger charge is 2.62. The number of hydrogen-bond donors (Lipinski definition) is 19. The van der Waals surface area contributed by atoms with Gasteiger partial charge in [0.15, 0.2) is 49.8 Å². The van der Waals surface area contributed by atoms with E-state index in [0.29, 0.717) is 20.8 Å². The zero-order valence-electron chi connectivity index (χ0n) is 56.0. The third-order valence-corrected chi connectivity index (χ3v) is 18.7. The summed E-state index contributed by atoms with van der Waals surface area (Å²) in [7, 11) is -33.7. The average molecular weight is 1740 g/mol. The van der Waals surface area contributed by atoms with Crippen molar-refractivity contribution in [2.24, 2.45) is 0 Å². The number of aliphatic carboxylic acids is 3. The second-order valence-corrected chi connectivity index (χ2v) is 30.3. The molecule has 0 saturated carbocycles. The van der Waals surface area contributed by atoms with Crippen molar-refractivity contribution in [3.8, 4) is 11.5 Å². The number of rotatable bonds is 34. The van der Waals surface area contributed by atoms with Gasteiger partial charge in [-0.25, -0.2) is 39.5 Å². The summed E-state index contributed by atoms with van der Waals surface area (Å²) in [6.45, 7) is -3.27. The zero-order chi connectivity index (χ0) is 83.4. The first-order chi connectivity index (χ1) is 51.0. The second-order valence-electron chi connectivity index (χ2n) is 23.9. The minimum Gasteiger partial charge on any atom is -0.497 e. The van der Waals surface area contributed by atoms with Crippen LogP contribution in [0.3, 0.4) is 0 Å². The molecule has 1 aromatic rings. The number of hydrogen-bond acceptors (Lipinski definition) is 44. The van der Waals surface area contributed by atoms with E-state index >= 15 is 0 Å². The molecular formula is C49H71N3O53S6. The Kier molecular flexibility index (Phi) is 30.7. The monoisotopic (exact) mass is 1740 g/mol. The van der Waals surface area contributed by atoms with Crippen LogP contribution >= 0.6 is 0 Å². The number of nitrogens with one attached hydrogen (secondary N) is 3. The van der Waals surface area contributed by atoms with Crippen LogP contribution in [-0.4, -0.2) is 375 Å². The number of benzene rings is 1. The number of carbonyl (C=O) groups is 6. The molecule has 0 spiro atoms. The highest BCUT2D eigenvalue weighted by Crippen LogP contribution is 2.40. The van der Waals surface area contributed by atoms with Crippen LogP contribution in [0, 0.1) is 0 Å². The van der Waals surface area contributed by atoms with Crippen LogP contribution in [0.15, 0.2) is 24.3 Å². The summed E-state index contributed by atoms with van der Waals surface area (Å²) in [4.78, 5) is 78.2. The molecule has 19 N–H and O–H groups in total. The highest BCUT2D eigenvalue weighted by molar-refractivity contribution is 7.82. The fourth-order valence-corrected chi connectivity index (χ4v) is 14.1. The molecule has 636 valence electrons. The molecule has 62 heteroatoms. The summed E-state index contributed by atoms with van der Waals surface area (Å²) in [5.74, 6) is -10.6. The van der Waals surface area contributed by atoms with Crippen molar-refractivity contribution < 1.29 is 244 Å². The normalized spacial score (nSPS) is 37.4. The lowest BCUT2D eigenvalue weighted by molar-refractivity contribution is -0.374. The molecule has 6 heterocycles. The van der Waals surface area contributed by atoms with Gasteiger partial charge < -0.3 is 129 Å². The van der Waals surface area contributed by atoms with E-state index in [1.165, 1.54) is 31.4 Å². The maximum atomic E-state index is 13.5. The van der Waals surface area contributed by atoms with E-state index in [1.54, 1.807) is 0 Å². The van der Waals surface area contributed by atoms with Crippen molar-refractivity contribution in [3.05, 3.63) is 24.3 Å². The fraction of sp³-hybridized carbons (Fsp3) is 0.755. The van der Waals surface area contributed by atoms with Crippen molar-refractivity contribution in [1.29, 1.82) is 0 Å². The molecule has 56 nitrogen and oxygen atoms in total. The molecule has 0 radical (unpaired) electrons. The van der Waals surface area contributed by atoms with Gasteiger partial charge in [-0.1, -0.05) is 0 Å². The van der Waals surface area contributed by atoms with Gasteiger partial charge in [-0.2, -0.15) is 50.5 Å². The largest absolute Gasteiger partial charge is 0.497 e. The van der Waals surface area contributed by atoms with Crippen molar-refractivity contribution in [2.75, 3.05) is 26.9 Å². The first-order valence-corrected chi connectivity index (χ1v) is 38.8. The predicted octanol–water partition coefficient (Wildman–Crippen LogP) is -12.3. The maximum absolute atomic E-state index is 13.5. The number of carboxylic acids is 3. The number of aliphatic hydroxyl groups is 7. The van der Waals surface area contributed by atoms with Crippen LogP contribution in [0.1, 0.15) is 20.8 Å². The van der Waals surface area contributed by atoms with Gasteiger partial charge >= 0.3 is 80.3 Å². The molecule has 0 bridgehead atoms. The first kappa shape index (κ1) is 92.3. The topological polar surface area (TPSA) is 842 Å². The van der Waals surface area contributed by atoms with Crippen LogP contribution < -0.4 is 25.4 Å². The van der Waals surface area contributed by atoms with E-state index in [0.717, 1.165) is 0 Å². The van der Waals surface area contributed by atoms with E-state index < -0.39 is 302 Å². The molecule has 111 heavy (non-hydrogen) atoms. The lowest BCUT2D eigenvalue weighted by Crippen LogP contribution is -2.72. The number of aliphatic hydroxyl groups excluding tert-OH is 7. The fourth-order valence-electron chi connectivity index (χ4n) is 11.6. The SMILES string of the molecule is COc1ccc(O[C@@H]2O[C@H](C(=O)O)[C@@H](O[C@H]3O[C@@H](COS(=O)(=O)O)[C@@H](OS(=O)(=O)O)[C@@H](O[C@H]4O[C@@H](C(=O)O)[C@H](O[C@@H]5O[C@H](COS(=O)(=O)O)[C@H](OS(=O)(=O)O)[C@H](O[C@@H]6O[C@H](C(=O)O)[C@@H](O[C@H]7O[C@@H](COS(=O)(=O)O)[C@@H](OS(=O)(=O)O)[C@@H](O)[C@@H]7NC(C)=O)[C@H](O)[C@H]6O)[C@H]5NC(C)=O)[C@@H](O)[C@@H]4O)[C@@H]3NC(C)=O)[C@H](O)[C@H]2O)cc1. The summed E-state index contributed by atoms with van der Waals surface area (Å²) >= 11 is 0. The van der Waals surface area contributed by atoms with Gasteiger partial charge in [0.05, 0.1) is 26.9 Å². The lowest BCUT2D eigenvalue weighted by Gasteiger charge is -2.51. The number of carboxylic acid groups (broad SMARTS) is 3. The molecule has 6 aliphatic heterocycles. The van der Waals surface area contributed by atoms with E-state index in [-0.39, 0.29) is 11.5 Å². The summed E-state index contributed by atoms with van der Waals surface area (Å²) in [6, 6.07) is -2.39. The molecule has 0 aromatic heterocycles. The van der Waals surface area contributed by atoms with Gasteiger partial charge in [-0.3, -0.25) is 41.7 Å². The van der Waals surface area contributed by atoms with Gasteiger partial charge in [-0.15, -0.1) is 0 Å². The Hall–Kier alpha value is -5.86. The van der Waals surface area contributed by atoms with Crippen molar-refractivity contribution in [2.45, 2.75) is 205 Å². The van der Waals surface area contributed by atoms with Crippen LogP contribution in [0.2, 0.25) is 0 Å². The Morgan fingerprint density at radius 1 is 0.342 bits per heavy atom. The minimum atomic E-state index is -6.14. The number of amides is 3. The van der Waals surface area contributed by atoms with E-state index in [2.05, 4.69) is 20.9 Å². The third kappa shape index (κ3) is 25.3. The molecule has 0 aliphatic carbocycles. The van der Waals surface area contributed by atoms with Crippen LogP contribution in [0.5, 0.6) is 11.5 Å². The Morgan fingerprint density at radius 3 is 0.910 bits per heavy atom. The Bertz CT molecular complexity index is 4170. The van der Waals surface area contributed by atoms with Gasteiger partial charge in [-0.05, 0) is 24.3 Å². The van der Waals surface area contributed by atoms with Crippen molar-refractivity contribution >= 4 is 98.0 Å². The van der Waals surface area contributed by atoms with Crippen molar-refractivity contribution in [3.63, 3.8) is 0 Å². The quantitative estimate of drug-likeness (QED) is 0.0285. The Morgan fingerprint density at radius 2 is 0.613 bits per heavy atom. The van der Waals surface area contributed by atoms with Gasteiger partial charge in [0, 0.05) is 20.8 Å². The number of carbonyl (C=O) groups excluding carboxylic acids is 3. The van der Waals surface area contributed by atoms with Crippen LogP contribution in [-0.2, 0) is 168 Å². The standard InChI is InChI=1S/C49H71N3O53S6/c1-12(53)50-20-23(56)30(103-109(78,79)80)17(9-88-106(69,70)71)92-44(20)97-35-25(58)28(61)48(101-39(35)42(65)66)95-34-22(52-14(3)55)46(94-19(11-90-108(75,76)77)32(34)105-111(84,85)86)99-37-26(59)29(62)49(102-40(37)43(67)68)96-33-21(51-13(2)54)45(93-18(10-89-107(72,73)74)31(33)104-110(81,82)83)98-36-24(57)27(60)47(100-38(36)41(63)64)91-16-7-5-15(87-4)6-8-16/h5-8,17-40,44-49,56-62H,9-11H2,1-4H3,(H,50,53)(H,51,54)(H,52,55)(H,63,64)(H,65,66)(H,67,68)(H,69,70,71)(H,72,73,74)(H,75,76,77)(H,78,79,80)(H,81,82,83)(H,84,85,86)/t17-,18-,19+,20-,21-,22+,23-,24+,25+,26-,27+,28+,29-,30+,31+,32-,33-,34+,35-,36-,37+,38-,39-,40+,44+,45+,46-,47+,48+,49-/m0/s1. The molecule has 30 atom stereocenters. The number of ether oxygens (including phenoxy) is 13. The van der Waals surface area contributed by atoms with Gasteiger partial charge in [0.25, 0.3) is 0 Å². The summed E-state index contributed by atoms with van der Waals surface area (Å²) in [6.07, 6.45) is -74.7.